The molecule has 2 aromatic rings. The first-order chi connectivity index (χ1) is 13.4. The van der Waals surface area contributed by atoms with Crippen molar-refractivity contribution in [1.82, 2.24) is 0 Å². The number of amides is 1. The van der Waals surface area contributed by atoms with E-state index in [0.717, 1.165) is 12.5 Å². The lowest BCUT2D eigenvalue weighted by molar-refractivity contribution is -0.385. The Kier molecular flexibility index (Phi) is 7.45. The number of nitrogens with zero attached hydrogens (tertiary/aromatic N) is 1. The second kappa shape index (κ2) is 10.0. The molecule has 146 valence electrons. The molecule has 0 saturated carbocycles. The Hall–Kier alpha value is -3.48. The van der Waals surface area contributed by atoms with Gasteiger partial charge in [-0.05, 0) is 42.2 Å². The third kappa shape index (κ3) is 6.05. The molecule has 2 aromatic carbocycles. The lowest BCUT2D eigenvalue weighted by atomic mass is 9.99. The van der Waals surface area contributed by atoms with Crippen molar-refractivity contribution in [3.63, 3.8) is 0 Å². The molecule has 0 saturated heterocycles. The number of rotatable bonds is 8. The Morgan fingerprint density at radius 3 is 2.50 bits per heavy atom. The maximum Gasteiger partial charge on any atom is 0.331 e. The maximum absolute atomic E-state index is 11.9. The molecule has 0 aromatic heterocycles. The summed E-state index contributed by atoms with van der Waals surface area (Å²) in [5.41, 5.74) is 1.95. The van der Waals surface area contributed by atoms with E-state index in [2.05, 4.69) is 19.2 Å². The molecule has 7 heteroatoms. The lowest BCUT2D eigenvalue weighted by Gasteiger charge is -2.10. The average Bonchev–Trinajstić information content (AvgIpc) is 2.70. The third-order valence-corrected chi connectivity index (χ3v) is 4.25. The number of hydrogen-bond donors (Lipinski definition) is 1. The zero-order valence-electron chi connectivity index (χ0n) is 15.8. The van der Waals surface area contributed by atoms with Crippen LogP contribution in [0.25, 0.3) is 6.08 Å². The fraction of sp³-hybridized carbons (Fsp3) is 0.238. The SMILES string of the molecule is CC[C@H](C)c1ccc(NC(=O)COC(=O)/C=C/c2ccccc2[N+](=O)[O-])cc1. The predicted octanol–water partition coefficient (Wildman–Crippen LogP) is 4.30. The number of carbonyl (C=O) groups excluding carboxylic acids is 2. The number of ether oxygens (including phenoxy) is 1. The zero-order valence-corrected chi connectivity index (χ0v) is 15.8. The fourth-order valence-electron chi connectivity index (χ4n) is 2.47. The molecule has 0 aliphatic carbocycles. The van der Waals surface area contributed by atoms with E-state index in [9.17, 15) is 19.7 Å². The van der Waals surface area contributed by atoms with E-state index in [4.69, 9.17) is 4.74 Å². The van der Waals surface area contributed by atoms with Gasteiger partial charge in [0, 0.05) is 17.8 Å². The molecule has 0 bridgehead atoms. The van der Waals surface area contributed by atoms with Crippen LogP contribution in [0.1, 0.15) is 37.3 Å². The molecule has 2 rings (SSSR count). The second-order valence-electron chi connectivity index (χ2n) is 6.24. The Morgan fingerprint density at radius 1 is 1.18 bits per heavy atom. The first-order valence-electron chi connectivity index (χ1n) is 8.88. The smallest absolute Gasteiger partial charge is 0.331 e. The zero-order chi connectivity index (χ0) is 20.5. The van der Waals surface area contributed by atoms with Crippen molar-refractivity contribution in [2.75, 3.05) is 11.9 Å². The monoisotopic (exact) mass is 382 g/mol. The first-order valence-corrected chi connectivity index (χ1v) is 8.88. The summed E-state index contributed by atoms with van der Waals surface area (Å²) in [6, 6.07) is 13.5. The van der Waals surface area contributed by atoms with Gasteiger partial charge in [-0.15, -0.1) is 0 Å². The van der Waals surface area contributed by atoms with Gasteiger partial charge in [0.1, 0.15) is 0 Å². The fourth-order valence-corrected chi connectivity index (χ4v) is 2.47. The molecule has 1 N–H and O–H groups in total. The Labute approximate surface area is 163 Å². The van der Waals surface area contributed by atoms with Crippen LogP contribution in [0.3, 0.4) is 0 Å². The summed E-state index contributed by atoms with van der Waals surface area (Å²) in [7, 11) is 0. The van der Waals surface area contributed by atoms with Crippen molar-refractivity contribution in [2.45, 2.75) is 26.2 Å². The van der Waals surface area contributed by atoms with Gasteiger partial charge in [0.15, 0.2) is 6.61 Å². The van der Waals surface area contributed by atoms with Gasteiger partial charge >= 0.3 is 5.97 Å². The van der Waals surface area contributed by atoms with E-state index in [1.54, 1.807) is 18.2 Å². The molecule has 1 atom stereocenters. The van der Waals surface area contributed by atoms with Crippen molar-refractivity contribution in [1.29, 1.82) is 0 Å². The van der Waals surface area contributed by atoms with Crippen LogP contribution in [0.15, 0.2) is 54.6 Å². The molecule has 0 aliphatic rings. The van der Waals surface area contributed by atoms with Crippen LogP contribution < -0.4 is 5.32 Å². The highest BCUT2D eigenvalue weighted by molar-refractivity contribution is 5.94. The summed E-state index contributed by atoms with van der Waals surface area (Å²) in [6.07, 6.45) is 3.36. The third-order valence-electron chi connectivity index (χ3n) is 4.25. The van der Waals surface area contributed by atoms with Crippen molar-refractivity contribution in [2.24, 2.45) is 0 Å². The summed E-state index contributed by atoms with van der Waals surface area (Å²) in [5.74, 6) is -0.790. The number of hydrogen-bond acceptors (Lipinski definition) is 5. The maximum atomic E-state index is 11.9. The van der Waals surface area contributed by atoms with Crippen LogP contribution in [-0.4, -0.2) is 23.4 Å². The van der Waals surface area contributed by atoms with Gasteiger partial charge in [-0.3, -0.25) is 14.9 Å². The Balaban J connectivity index is 1.86. The number of anilines is 1. The number of benzene rings is 2. The van der Waals surface area contributed by atoms with Gasteiger partial charge in [0.2, 0.25) is 0 Å². The van der Waals surface area contributed by atoms with E-state index in [1.807, 2.05) is 12.1 Å². The highest BCUT2D eigenvalue weighted by atomic mass is 16.6. The second-order valence-corrected chi connectivity index (χ2v) is 6.24. The molecule has 0 fully saturated rings. The average molecular weight is 382 g/mol. The molecule has 0 unspecified atom stereocenters. The molecule has 1 amide bonds. The summed E-state index contributed by atoms with van der Waals surface area (Å²) in [5, 5.41) is 13.6. The van der Waals surface area contributed by atoms with Crippen LogP contribution in [0.2, 0.25) is 0 Å². The lowest BCUT2D eigenvalue weighted by Crippen LogP contribution is -2.20. The summed E-state index contributed by atoms with van der Waals surface area (Å²) >= 11 is 0. The van der Waals surface area contributed by atoms with Crippen molar-refractivity contribution < 1.29 is 19.2 Å². The largest absolute Gasteiger partial charge is 0.452 e. The molecule has 0 heterocycles. The standard InChI is InChI=1S/C21H22N2O5/c1-3-15(2)16-8-11-18(12-9-16)22-20(24)14-28-21(25)13-10-17-6-4-5-7-19(17)23(26)27/h4-13,15H,3,14H2,1-2H3,(H,22,24)/b13-10+/t15-/m0/s1. The van der Waals surface area contributed by atoms with Crippen LogP contribution in [-0.2, 0) is 14.3 Å². The Morgan fingerprint density at radius 2 is 1.86 bits per heavy atom. The molecule has 0 spiro atoms. The van der Waals surface area contributed by atoms with Crippen LogP contribution in [0.4, 0.5) is 11.4 Å². The predicted molar refractivity (Wildman–Crippen MR) is 107 cm³/mol. The van der Waals surface area contributed by atoms with Crippen molar-refractivity contribution >= 4 is 29.3 Å². The molecular formula is C21H22N2O5. The minimum Gasteiger partial charge on any atom is -0.452 e. The van der Waals surface area contributed by atoms with Gasteiger partial charge in [0.25, 0.3) is 11.6 Å². The van der Waals surface area contributed by atoms with E-state index in [-0.39, 0.29) is 11.3 Å². The van der Waals surface area contributed by atoms with Gasteiger partial charge < -0.3 is 10.1 Å². The molecule has 28 heavy (non-hydrogen) atoms. The van der Waals surface area contributed by atoms with E-state index in [1.165, 1.54) is 29.8 Å². The van der Waals surface area contributed by atoms with Crippen LogP contribution in [0.5, 0.6) is 0 Å². The molecule has 7 nitrogen and oxygen atoms in total. The summed E-state index contributed by atoms with van der Waals surface area (Å²) in [6.45, 7) is 3.79. The normalized spacial score (nSPS) is 11.8. The van der Waals surface area contributed by atoms with E-state index in [0.29, 0.717) is 11.6 Å². The van der Waals surface area contributed by atoms with E-state index < -0.39 is 23.4 Å². The highest BCUT2D eigenvalue weighted by Gasteiger charge is 2.11. The molecule has 0 aliphatic heterocycles. The molecular weight excluding hydrogens is 360 g/mol. The summed E-state index contributed by atoms with van der Waals surface area (Å²) < 4.78 is 4.87. The van der Waals surface area contributed by atoms with Gasteiger partial charge in [0.05, 0.1) is 10.5 Å². The Bertz CT molecular complexity index is 875. The quantitative estimate of drug-likeness (QED) is 0.318. The van der Waals surface area contributed by atoms with Gasteiger partial charge in [-0.1, -0.05) is 38.1 Å². The van der Waals surface area contributed by atoms with Gasteiger partial charge in [-0.2, -0.15) is 0 Å². The van der Waals surface area contributed by atoms with Crippen LogP contribution >= 0.6 is 0 Å². The molecule has 0 radical (unpaired) electrons. The topological polar surface area (TPSA) is 98.5 Å². The van der Waals surface area contributed by atoms with E-state index >= 15 is 0 Å². The number of para-hydroxylation sites is 1. The number of carbonyl (C=O) groups is 2. The highest BCUT2D eigenvalue weighted by Crippen LogP contribution is 2.20. The number of esters is 1. The first kappa shape index (κ1) is 20.8. The number of nitro groups is 1. The number of nitro benzene ring substituents is 1. The van der Waals surface area contributed by atoms with Crippen LogP contribution in [0, 0.1) is 10.1 Å². The minimum absolute atomic E-state index is 0.120. The van der Waals surface area contributed by atoms with Crippen molar-refractivity contribution in [3.8, 4) is 0 Å². The number of nitrogens with one attached hydrogen (secondary N) is 1. The van der Waals surface area contributed by atoms with Crippen molar-refractivity contribution in [3.05, 3.63) is 75.8 Å². The van der Waals surface area contributed by atoms with Gasteiger partial charge in [-0.25, -0.2) is 4.79 Å². The minimum atomic E-state index is -0.764. The summed E-state index contributed by atoms with van der Waals surface area (Å²) in [4.78, 5) is 34.1.